The van der Waals surface area contributed by atoms with Gasteiger partial charge < -0.3 is 4.74 Å². The first-order chi connectivity index (χ1) is 7.79. The van der Waals surface area contributed by atoms with Gasteiger partial charge in [0, 0.05) is 6.07 Å². The Balaban J connectivity index is 2.23. The number of carbonyl (C=O) groups is 1. The van der Waals surface area contributed by atoms with Crippen LogP contribution < -0.4 is 4.74 Å². The summed E-state index contributed by atoms with van der Waals surface area (Å²) in [6, 6.07) is 11.7. The predicted molar refractivity (Wildman–Crippen MR) is 56.1 cm³/mol. The molecule has 2 rings (SSSR count). The molecule has 0 aliphatic heterocycles. The van der Waals surface area contributed by atoms with Crippen LogP contribution in [0.2, 0.25) is 0 Å². The second-order valence-corrected chi connectivity index (χ2v) is 3.06. The van der Waals surface area contributed by atoms with E-state index < -0.39 is 5.95 Å². The molecule has 0 bridgehead atoms. The van der Waals surface area contributed by atoms with E-state index in [-0.39, 0.29) is 11.4 Å². The topological polar surface area (TPSA) is 39.2 Å². The third-order valence-corrected chi connectivity index (χ3v) is 1.94. The molecule has 0 aliphatic carbocycles. The second-order valence-electron chi connectivity index (χ2n) is 3.06. The summed E-state index contributed by atoms with van der Waals surface area (Å²) >= 11 is 0. The van der Waals surface area contributed by atoms with Crippen molar-refractivity contribution in [2.45, 2.75) is 0 Å². The number of hydrogen-bond acceptors (Lipinski definition) is 3. The van der Waals surface area contributed by atoms with Gasteiger partial charge >= 0.3 is 0 Å². The summed E-state index contributed by atoms with van der Waals surface area (Å²) in [5.41, 5.74) is -0.0830. The number of aromatic nitrogens is 1. The van der Waals surface area contributed by atoms with Crippen LogP contribution >= 0.6 is 0 Å². The van der Waals surface area contributed by atoms with Gasteiger partial charge in [0.2, 0.25) is 11.8 Å². The van der Waals surface area contributed by atoms with Crippen molar-refractivity contribution in [1.82, 2.24) is 4.98 Å². The number of hydrogen-bond donors (Lipinski definition) is 0. The molecular weight excluding hydrogens is 209 g/mol. The number of halogens is 1. The lowest BCUT2D eigenvalue weighted by atomic mass is 10.3. The summed E-state index contributed by atoms with van der Waals surface area (Å²) in [7, 11) is 0. The minimum atomic E-state index is -0.830. The minimum absolute atomic E-state index is 0.0830. The molecule has 0 atom stereocenters. The standard InChI is InChI=1S/C12H8FNO2/c13-12-9(8-15)6-7-11(14-12)16-10-4-2-1-3-5-10/h1-8H. The number of para-hydroxylation sites is 1. The van der Waals surface area contributed by atoms with Crippen molar-refractivity contribution in [3.63, 3.8) is 0 Å². The van der Waals surface area contributed by atoms with E-state index in [9.17, 15) is 9.18 Å². The molecule has 1 aromatic heterocycles. The Morgan fingerprint density at radius 2 is 1.88 bits per heavy atom. The lowest BCUT2D eigenvalue weighted by Gasteiger charge is -2.04. The number of carbonyl (C=O) groups excluding carboxylic acids is 1. The lowest BCUT2D eigenvalue weighted by molar-refractivity contribution is 0.111. The maximum atomic E-state index is 13.1. The van der Waals surface area contributed by atoms with E-state index in [0.29, 0.717) is 12.0 Å². The monoisotopic (exact) mass is 217 g/mol. The maximum Gasteiger partial charge on any atom is 0.226 e. The number of ether oxygens (including phenoxy) is 1. The first-order valence-corrected chi connectivity index (χ1v) is 4.64. The van der Waals surface area contributed by atoms with Gasteiger partial charge in [-0.15, -0.1) is 0 Å². The highest BCUT2D eigenvalue weighted by Crippen LogP contribution is 2.19. The molecule has 16 heavy (non-hydrogen) atoms. The van der Waals surface area contributed by atoms with Crippen molar-refractivity contribution in [3.8, 4) is 11.6 Å². The zero-order valence-electron chi connectivity index (χ0n) is 8.26. The van der Waals surface area contributed by atoms with Gasteiger partial charge in [-0.1, -0.05) is 18.2 Å². The molecule has 3 nitrogen and oxygen atoms in total. The third kappa shape index (κ3) is 2.23. The molecular formula is C12H8FNO2. The van der Waals surface area contributed by atoms with Crippen molar-refractivity contribution in [2.24, 2.45) is 0 Å². The molecule has 0 N–H and O–H groups in total. The lowest BCUT2D eigenvalue weighted by Crippen LogP contribution is -1.95. The summed E-state index contributed by atoms with van der Waals surface area (Å²) in [4.78, 5) is 13.9. The highest BCUT2D eigenvalue weighted by Gasteiger charge is 2.05. The normalized spacial score (nSPS) is 9.81. The first-order valence-electron chi connectivity index (χ1n) is 4.64. The molecule has 0 spiro atoms. The van der Waals surface area contributed by atoms with Gasteiger partial charge in [-0.3, -0.25) is 4.79 Å². The molecule has 0 fully saturated rings. The molecule has 4 heteroatoms. The molecule has 1 heterocycles. The summed E-state index contributed by atoms with van der Waals surface area (Å²) in [5.74, 6) is -0.147. The highest BCUT2D eigenvalue weighted by molar-refractivity contribution is 5.74. The van der Waals surface area contributed by atoms with Crippen LogP contribution in [0.25, 0.3) is 0 Å². The summed E-state index contributed by atoms with van der Waals surface area (Å²) < 4.78 is 18.4. The van der Waals surface area contributed by atoms with Gasteiger partial charge in [0.25, 0.3) is 0 Å². The van der Waals surface area contributed by atoms with Crippen molar-refractivity contribution in [1.29, 1.82) is 0 Å². The van der Waals surface area contributed by atoms with E-state index in [1.54, 1.807) is 24.3 Å². The Morgan fingerprint density at radius 1 is 1.12 bits per heavy atom. The van der Waals surface area contributed by atoms with E-state index in [0.717, 1.165) is 0 Å². The van der Waals surface area contributed by atoms with E-state index in [4.69, 9.17) is 4.74 Å². The molecule has 2 aromatic rings. The Hall–Kier alpha value is -2.23. The number of nitrogens with zero attached hydrogens (tertiary/aromatic N) is 1. The average Bonchev–Trinajstić information content (AvgIpc) is 2.31. The number of aldehydes is 1. The Morgan fingerprint density at radius 3 is 2.50 bits per heavy atom. The van der Waals surface area contributed by atoms with Gasteiger partial charge in [0.15, 0.2) is 6.29 Å². The number of pyridine rings is 1. The molecule has 0 radical (unpaired) electrons. The fourth-order valence-corrected chi connectivity index (χ4v) is 1.18. The predicted octanol–water partition coefficient (Wildman–Crippen LogP) is 2.83. The van der Waals surface area contributed by atoms with Crippen molar-refractivity contribution in [2.75, 3.05) is 0 Å². The minimum Gasteiger partial charge on any atom is -0.439 e. The van der Waals surface area contributed by atoms with Crippen molar-refractivity contribution >= 4 is 6.29 Å². The molecule has 0 saturated heterocycles. The van der Waals surface area contributed by atoms with Crippen LogP contribution in [0.4, 0.5) is 4.39 Å². The largest absolute Gasteiger partial charge is 0.439 e. The fourth-order valence-electron chi connectivity index (χ4n) is 1.18. The summed E-state index contributed by atoms with van der Waals surface area (Å²) in [6.45, 7) is 0. The Bertz CT molecular complexity index is 500. The van der Waals surface area contributed by atoms with Gasteiger partial charge in [-0.2, -0.15) is 9.37 Å². The van der Waals surface area contributed by atoms with Crippen molar-refractivity contribution in [3.05, 3.63) is 54.0 Å². The third-order valence-electron chi connectivity index (χ3n) is 1.94. The van der Waals surface area contributed by atoms with E-state index >= 15 is 0 Å². The maximum absolute atomic E-state index is 13.1. The average molecular weight is 217 g/mol. The van der Waals surface area contributed by atoms with Crippen LogP contribution in [0, 0.1) is 5.95 Å². The highest BCUT2D eigenvalue weighted by atomic mass is 19.1. The van der Waals surface area contributed by atoms with Crippen LogP contribution in [-0.4, -0.2) is 11.3 Å². The van der Waals surface area contributed by atoms with E-state index in [2.05, 4.69) is 4.98 Å². The van der Waals surface area contributed by atoms with Crippen LogP contribution in [0.1, 0.15) is 10.4 Å². The zero-order chi connectivity index (χ0) is 11.4. The van der Waals surface area contributed by atoms with E-state index in [1.807, 2.05) is 6.07 Å². The molecule has 0 saturated carbocycles. The zero-order valence-corrected chi connectivity index (χ0v) is 8.26. The Labute approximate surface area is 91.5 Å². The van der Waals surface area contributed by atoms with Gasteiger partial charge in [0.05, 0.1) is 5.56 Å². The SMILES string of the molecule is O=Cc1ccc(Oc2ccccc2)nc1F. The van der Waals surface area contributed by atoms with Gasteiger partial charge in [0.1, 0.15) is 5.75 Å². The van der Waals surface area contributed by atoms with Gasteiger partial charge in [-0.25, -0.2) is 0 Å². The number of benzene rings is 1. The fraction of sp³-hybridized carbons (Fsp3) is 0. The van der Waals surface area contributed by atoms with Gasteiger partial charge in [-0.05, 0) is 18.2 Å². The molecule has 0 unspecified atom stereocenters. The number of rotatable bonds is 3. The van der Waals surface area contributed by atoms with Crippen LogP contribution in [-0.2, 0) is 0 Å². The van der Waals surface area contributed by atoms with Crippen LogP contribution in [0.15, 0.2) is 42.5 Å². The van der Waals surface area contributed by atoms with Crippen LogP contribution in [0.5, 0.6) is 11.6 Å². The quantitative estimate of drug-likeness (QED) is 0.586. The van der Waals surface area contributed by atoms with Crippen molar-refractivity contribution < 1.29 is 13.9 Å². The van der Waals surface area contributed by atoms with Crippen LogP contribution in [0.3, 0.4) is 0 Å². The first kappa shape index (κ1) is 10.3. The summed E-state index contributed by atoms with van der Waals surface area (Å²) in [5, 5.41) is 0. The van der Waals surface area contributed by atoms with E-state index in [1.165, 1.54) is 12.1 Å². The molecule has 1 aromatic carbocycles. The summed E-state index contributed by atoms with van der Waals surface area (Å²) in [6.07, 6.45) is 0.411. The smallest absolute Gasteiger partial charge is 0.226 e. The molecule has 0 amide bonds. The molecule has 80 valence electrons. The Kier molecular flexibility index (Phi) is 2.91. The molecule has 0 aliphatic rings. The second kappa shape index (κ2) is 4.53.